The van der Waals surface area contributed by atoms with Gasteiger partial charge in [-0.3, -0.25) is 4.79 Å². The number of hydrogen-bond acceptors (Lipinski definition) is 2. The molecule has 3 nitrogen and oxygen atoms in total. The van der Waals surface area contributed by atoms with Crippen molar-refractivity contribution >= 4 is 5.91 Å². The molecule has 2 fully saturated rings. The molecule has 0 radical (unpaired) electrons. The van der Waals surface area contributed by atoms with Crippen LogP contribution in [0.5, 0.6) is 0 Å². The molecule has 16 heavy (non-hydrogen) atoms. The second-order valence-electron chi connectivity index (χ2n) is 5.36. The van der Waals surface area contributed by atoms with E-state index in [1.807, 2.05) is 0 Å². The van der Waals surface area contributed by atoms with Crippen LogP contribution in [0.25, 0.3) is 0 Å². The molecule has 1 aliphatic heterocycles. The summed E-state index contributed by atoms with van der Waals surface area (Å²) in [5.41, 5.74) is 0. The molecule has 92 valence electrons. The van der Waals surface area contributed by atoms with E-state index in [-0.39, 0.29) is 5.92 Å². The van der Waals surface area contributed by atoms with E-state index in [1.54, 1.807) is 0 Å². The van der Waals surface area contributed by atoms with Gasteiger partial charge in [0.1, 0.15) is 0 Å². The third-order valence-electron chi connectivity index (χ3n) is 3.86. The minimum atomic E-state index is 0.234. The Morgan fingerprint density at radius 2 is 2.12 bits per heavy atom. The first kappa shape index (κ1) is 11.9. The fourth-order valence-corrected chi connectivity index (χ4v) is 2.54. The smallest absolute Gasteiger partial charge is 0.227 e. The lowest BCUT2D eigenvalue weighted by molar-refractivity contribution is -0.136. The first-order valence-corrected chi connectivity index (χ1v) is 6.75. The molecule has 0 bridgehead atoms. The lowest BCUT2D eigenvalue weighted by atomic mass is 9.96. The van der Waals surface area contributed by atoms with Crippen molar-refractivity contribution < 1.29 is 4.79 Å². The highest BCUT2D eigenvalue weighted by Gasteiger charge is 2.38. The van der Waals surface area contributed by atoms with E-state index >= 15 is 0 Å². The van der Waals surface area contributed by atoms with E-state index in [9.17, 15) is 4.79 Å². The first-order chi connectivity index (χ1) is 7.74. The second-order valence-corrected chi connectivity index (χ2v) is 5.36. The van der Waals surface area contributed by atoms with Crippen LogP contribution in [0.1, 0.15) is 39.5 Å². The maximum Gasteiger partial charge on any atom is 0.227 e. The summed E-state index contributed by atoms with van der Waals surface area (Å²) < 4.78 is 0. The number of nitrogens with zero attached hydrogens (tertiary/aromatic N) is 1. The van der Waals surface area contributed by atoms with Gasteiger partial charge in [0.15, 0.2) is 0 Å². The summed E-state index contributed by atoms with van der Waals surface area (Å²) in [5, 5.41) is 3.33. The molecule has 0 unspecified atom stereocenters. The van der Waals surface area contributed by atoms with E-state index in [2.05, 4.69) is 24.1 Å². The largest absolute Gasteiger partial charge is 0.339 e. The lowest BCUT2D eigenvalue weighted by Gasteiger charge is -2.26. The molecular formula is C13H24N2O. The Balaban J connectivity index is 1.93. The zero-order valence-electron chi connectivity index (χ0n) is 10.5. The Bertz CT molecular complexity index is 250. The maximum absolute atomic E-state index is 12.4. The third-order valence-corrected chi connectivity index (χ3v) is 3.86. The Kier molecular flexibility index (Phi) is 3.85. The van der Waals surface area contributed by atoms with Gasteiger partial charge < -0.3 is 10.2 Å². The summed E-state index contributed by atoms with van der Waals surface area (Å²) in [7, 11) is 0. The van der Waals surface area contributed by atoms with Crippen LogP contribution in [0.15, 0.2) is 0 Å². The summed E-state index contributed by atoms with van der Waals surface area (Å²) >= 11 is 0. The van der Waals surface area contributed by atoms with Gasteiger partial charge >= 0.3 is 0 Å². The van der Waals surface area contributed by atoms with Crippen molar-refractivity contribution in [1.82, 2.24) is 10.2 Å². The first-order valence-electron chi connectivity index (χ1n) is 6.75. The fourth-order valence-electron chi connectivity index (χ4n) is 2.54. The number of hydrogen-bond donors (Lipinski definition) is 1. The molecule has 0 spiro atoms. The normalized spacial score (nSPS) is 29.4. The molecule has 1 saturated carbocycles. The summed E-state index contributed by atoms with van der Waals surface area (Å²) in [6.45, 7) is 7.24. The molecule has 2 rings (SSSR count). The SMILES string of the molecule is CCCCN(C(=O)[C@@H]1CNC[C@H]1C)C1CC1. The van der Waals surface area contributed by atoms with E-state index < -0.39 is 0 Å². The molecule has 2 atom stereocenters. The van der Waals surface area contributed by atoms with E-state index in [0.29, 0.717) is 17.9 Å². The predicted octanol–water partition coefficient (Wildman–Crippen LogP) is 1.63. The van der Waals surface area contributed by atoms with Crippen LogP contribution >= 0.6 is 0 Å². The zero-order chi connectivity index (χ0) is 11.5. The molecule has 2 aliphatic rings. The highest BCUT2D eigenvalue weighted by molar-refractivity contribution is 5.80. The quantitative estimate of drug-likeness (QED) is 0.770. The summed E-state index contributed by atoms with van der Waals surface area (Å²) in [4.78, 5) is 14.6. The monoisotopic (exact) mass is 224 g/mol. The van der Waals surface area contributed by atoms with Crippen LogP contribution in [0.2, 0.25) is 0 Å². The number of nitrogens with one attached hydrogen (secondary N) is 1. The van der Waals surface area contributed by atoms with Crippen LogP contribution in [0, 0.1) is 11.8 Å². The Labute approximate surface area is 98.6 Å². The van der Waals surface area contributed by atoms with Gasteiger partial charge in [-0.2, -0.15) is 0 Å². The van der Waals surface area contributed by atoms with Gasteiger partial charge in [-0.1, -0.05) is 20.3 Å². The maximum atomic E-state index is 12.4. The van der Waals surface area contributed by atoms with Gasteiger partial charge in [-0.25, -0.2) is 0 Å². The van der Waals surface area contributed by atoms with Crippen molar-refractivity contribution in [1.29, 1.82) is 0 Å². The third kappa shape index (κ3) is 2.57. The van der Waals surface area contributed by atoms with E-state index in [4.69, 9.17) is 0 Å². The summed E-state index contributed by atoms with van der Waals surface area (Å²) in [6, 6.07) is 0.576. The van der Waals surface area contributed by atoms with Crippen LogP contribution < -0.4 is 5.32 Å². The number of carbonyl (C=O) groups excluding carboxylic acids is 1. The van der Waals surface area contributed by atoms with Crippen LogP contribution in [-0.2, 0) is 4.79 Å². The minimum Gasteiger partial charge on any atom is -0.339 e. The average Bonchev–Trinajstić information content (AvgIpc) is 3.01. The molecule has 0 aromatic rings. The van der Waals surface area contributed by atoms with Crippen molar-refractivity contribution in [2.75, 3.05) is 19.6 Å². The standard InChI is InChI=1S/C13H24N2O/c1-3-4-7-15(11-5-6-11)13(16)12-9-14-8-10(12)2/h10-12,14H,3-9H2,1-2H3/t10-,12-/m1/s1. The predicted molar refractivity (Wildman–Crippen MR) is 65.2 cm³/mol. The topological polar surface area (TPSA) is 32.3 Å². The van der Waals surface area contributed by atoms with Crippen LogP contribution in [0.3, 0.4) is 0 Å². The molecule has 1 amide bonds. The van der Waals surface area contributed by atoms with Gasteiger partial charge in [-0.05, 0) is 31.7 Å². The average molecular weight is 224 g/mol. The number of carbonyl (C=O) groups is 1. The highest BCUT2D eigenvalue weighted by Crippen LogP contribution is 2.30. The van der Waals surface area contributed by atoms with E-state index in [1.165, 1.54) is 19.3 Å². The van der Waals surface area contributed by atoms with Gasteiger partial charge in [0.05, 0.1) is 5.92 Å². The second kappa shape index (κ2) is 5.17. The fraction of sp³-hybridized carbons (Fsp3) is 0.923. The van der Waals surface area contributed by atoms with Crippen molar-refractivity contribution in [2.24, 2.45) is 11.8 Å². The van der Waals surface area contributed by atoms with E-state index in [0.717, 1.165) is 26.1 Å². The molecule has 3 heteroatoms. The molecule has 1 N–H and O–H groups in total. The summed E-state index contributed by atoms with van der Waals surface area (Å²) in [6.07, 6.45) is 4.78. The number of amides is 1. The lowest BCUT2D eigenvalue weighted by Crippen LogP contribution is -2.40. The van der Waals surface area contributed by atoms with Crippen LogP contribution in [0.4, 0.5) is 0 Å². The van der Waals surface area contributed by atoms with Crippen molar-refractivity contribution in [3.63, 3.8) is 0 Å². The van der Waals surface area contributed by atoms with Crippen molar-refractivity contribution in [3.05, 3.63) is 0 Å². The molecule has 1 saturated heterocycles. The molecule has 1 aliphatic carbocycles. The van der Waals surface area contributed by atoms with Gasteiger partial charge in [0.2, 0.25) is 5.91 Å². The molecule has 0 aromatic heterocycles. The highest BCUT2D eigenvalue weighted by atomic mass is 16.2. The van der Waals surface area contributed by atoms with Crippen molar-refractivity contribution in [2.45, 2.75) is 45.6 Å². The number of rotatable bonds is 5. The van der Waals surface area contributed by atoms with Gasteiger partial charge in [0, 0.05) is 19.1 Å². The Hall–Kier alpha value is -0.570. The zero-order valence-corrected chi connectivity index (χ0v) is 10.5. The number of unbranched alkanes of at least 4 members (excludes halogenated alkanes) is 1. The van der Waals surface area contributed by atoms with Gasteiger partial charge in [-0.15, -0.1) is 0 Å². The molecule has 0 aromatic carbocycles. The Morgan fingerprint density at radius 3 is 2.62 bits per heavy atom. The van der Waals surface area contributed by atoms with Crippen molar-refractivity contribution in [3.8, 4) is 0 Å². The van der Waals surface area contributed by atoms with Crippen LogP contribution in [-0.4, -0.2) is 36.5 Å². The Morgan fingerprint density at radius 1 is 1.38 bits per heavy atom. The molecular weight excluding hydrogens is 200 g/mol. The van der Waals surface area contributed by atoms with Gasteiger partial charge in [0.25, 0.3) is 0 Å². The summed E-state index contributed by atoms with van der Waals surface area (Å²) in [5.74, 6) is 1.15. The molecule has 1 heterocycles. The minimum absolute atomic E-state index is 0.234.